The van der Waals surface area contributed by atoms with Gasteiger partial charge in [-0.25, -0.2) is 8.42 Å². The number of rotatable bonds is 12. The van der Waals surface area contributed by atoms with Crippen LogP contribution in [0, 0.1) is 5.92 Å². The molecule has 46 heavy (non-hydrogen) atoms. The number of likely N-dealkylation sites (tertiary alicyclic amines) is 1. The zero-order chi connectivity index (χ0) is 32.9. The van der Waals surface area contributed by atoms with Crippen LogP contribution in [-0.2, 0) is 10.0 Å². The van der Waals surface area contributed by atoms with E-state index in [4.69, 9.17) is 25.8 Å². The highest BCUT2D eigenvalue weighted by molar-refractivity contribution is 7.92. The maximum Gasteiger partial charge on any atom is 0.573 e. The van der Waals surface area contributed by atoms with Crippen molar-refractivity contribution in [3.8, 4) is 28.7 Å². The second-order valence-corrected chi connectivity index (χ2v) is 13.0. The third-order valence-electron chi connectivity index (χ3n) is 7.51. The Labute approximate surface area is 270 Å². The molecule has 1 saturated heterocycles. The van der Waals surface area contributed by atoms with Crippen LogP contribution < -0.4 is 23.7 Å². The molecule has 0 spiro atoms. The van der Waals surface area contributed by atoms with Gasteiger partial charge in [0, 0.05) is 30.3 Å². The zero-order valence-corrected chi connectivity index (χ0v) is 26.7. The number of nitrogens with zero attached hydrogens (tertiary/aromatic N) is 2. The Kier molecular flexibility index (Phi) is 10.3. The largest absolute Gasteiger partial charge is 0.573 e. The lowest BCUT2D eigenvalue weighted by atomic mass is 9.99. The first-order valence-electron chi connectivity index (χ1n) is 14.6. The highest BCUT2D eigenvalue weighted by atomic mass is 35.5. The van der Waals surface area contributed by atoms with Gasteiger partial charge in [0.2, 0.25) is 0 Å². The van der Waals surface area contributed by atoms with Crippen molar-refractivity contribution in [2.75, 3.05) is 38.1 Å². The first kappa shape index (κ1) is 33.4. The van der Waals surface area contributed by atoms with Gasteiger partial charge in [-0.2, -0.15) is 0 Å². The van der Waals surface area contributed by atoms with Gasteiger partial charge in [-0.3, -0.25) is 9.71 Å². The summed E-state index contributed by atoms with van der Waals surface area (Å²) in [6.07, 6.45) is -0.223. The fourth-order valence-electron chi connectivity index (χ4n) is 5.10. The van der Waals surface area contributed by atoms with E-state index in [1.807, 2.05) is 0 Å². The lowest BCUT2D eigenvalue weighted by Crippen LogP contribution is -2.34. The van der Waals surface area contributed by atoms with Crippen LogP contribution in [0.4, 0.5) is 18.9 Å². The molecule has 1 aromatic heterocycles. The zero-order valence-electron chi connectivity index (χ0n) is 25.1. The Morgan fingerprint density at radius 3 is 2.50 bits per heavy atom. The van der Waals surface area contributed by atoms with Crippen molar-refractivity contribution in [1.82, 2.24) is 9.88 Å². The molecule has 246 valence electrons. The van der Waals surface area contributed by atoms with Crippen molar-refractivity contribution in [3.05, 3.63) is 71.9 Å². The molecule has 1 aliphatic rings. The Morgan fingerprint density at radius 1 is 1.00 bits per heavy atom. The number of pyridine rings is 1. The summed E-state index contributed by atoms with van der Waals surface area (Å²) in [7, 11) is -3.02. The van der Waals surface area contributed by atoms with Gasteiger partial charge < -0.3 is 23.8 Å². The number of sulfonamides is 1. The van der Waals surface area contributed by atoms with Gasteiger partial charge in [-0.15, -0.1) is 13.2 Å². The molecule has 0 aliphatic carbocycles. The fraction of sp³-hybridized carbons (Fsp3) is 0.344. The smallest absolute Gasteiger partial charge is 0.493 e. The predicted octanol–water partition coefficient (Wildman–Crippen LogP) is 7.89. The van der Waals surface area contributed by atoms with E-state index >= 15 is 0 Å². The fourth-order valence-corrected chi connectivity index (χ4v) is 6.52. The maximum atomic E-state index is 13.1. The molecule has 0 saturated carbocycles. The first-order valence-corrected chi connectivity index (χ1v) is 16.4. The van der Waals surface area contributed by atoms with E-state index in [1.165, 1.54) is 50.3 Å². The number of anilines is 1. The van der Waals surface area contributed by atoms with E-state index in [0.717, 1.165) is 44.1 Å². The van der Waals surface area contributed by atoms with Gasteiger partial charge in [0.05, 0.1) is 29.9 Å². The lowest BCUT2D eigenvalue weighted by Gasteiger charge is -2.30. The molecule has 14 heteroatoms. The summed E-state index contributed by atoms with van der Waals surface area (Å²) in [4.78, 5) is 6.18. The Morgan fingerprint density at radius 2 is 1.76 bits per heavy atom. The van der Waals surface area contributed by atoms with Crippen molar-refractivity contribution in [2.45, 2.75) is 37.4 Å². The van der Waals surface area contributed by atoms with Crippen LogP contribution in [0.15, 0.2) is 71.8 Å². The van der Waals surface area contributed by atoms with Gasteiger partial charge >= 0.3 is 6.36 Å². The van der Waals surface area contributed by atoms with Gasteiger partial charge in [0.25, 0.3) is 10.0 Å². The van der Waals surface area contributed by atoms with Crippen LogP contribution in [0.1, 0.15) is 26.2 Å². The van der Waals surface area contributed by atoms with Crippen LogP contribution in [0.25, 0.3) is 10.9 Å². The van der Waals surface area contributed by atoms with Gasteiger partial charge in [0.15, 0.2) is 11.5 Å². The Hall–Kier alpha value is -3.94. The van der Waals surface area contributed by atoms with Crippen molar-refractivity contribution in [2.24, 2.45) is 5.92 Å². The number of ether oxygens (including phenoxy) is 4. The minimum absolute atomic E-state index is 0.0111. The quantitative estimate of drug-likeness (QED) is 0.151. The molecule has 9 nitrogen and oxygen atoms in total. The third kappa shape index (κ3) is 8.45. The second kappa shape index (κ2) is 14.2. The first-order chi connectivity index (χ1) is 21.9. The highest BCUT2D eigenvalue weighted by Gasteiger charge is 2.34. The summed E-state index contributed by atoms with van der Waals surface area (Å²) in [5.41, 5.74) is 0.459. The molecule has 1 N–H and O–H groups in total. The Balaban J connectivity index is 1.32. The molecule has 4 aromatic rings. The number of methoxy groups -OCH3 is 1. The number of hydrogen-bond acceptors (Lipinski definition) is 8. The van der Waals surface area contributed by atoms with Crippen molar-refractivity contribution in [3.63, 3.8) is 0 Å². The molecule has 1 fully saturated rings. The number of para-hydroxylation sites is 1. The molecule has 0 unspecified atom stereocenters. The summed E-state index contributed by atoms with van der Waals surface area (Å²) < 4.78 is 88.8. The SMILES string of the molecule is COc1cc2c(Oc3ccc(Cl)c(NS(=O)(=O)c4ccccc4OC(F)(F)F)c3)ccnc2cc1OCCCN1CCC(C)CC1. The second-order valence-electron chi connectivity index (χ2n) is 10.9. The Bertz CT molecular complexity index is 1780. The number of alkyl halides is 3. The van der Waals surface area contributed by atoms with Crippen molar-refractivity contribution in [1.29, 1.82) is 0 Å². The number of benzene rings is 3. The minimum Gasteiger partial charge on any atom is -0.493 e. The van der Waals surface area contributed by atoms with Crippen molar-refractivity contribution >= 4 is 38.2 Å². The number of halogens is 4. The average molecular weight is 680 g/mol. The van der Waals surface area contributed by atoms with Crippen LogP contribution in [0.3, 0.4) is 0 Å². The molecule has 1 aliphatic heterocycles. The van der Waals surface area contributed by atoms with Gasteiger partial charge in [0.1, 0.15) is 22.1 Å². The molecule has 5 rings (SSSR count). The van der Waals surface area contributed by atoms with Crippen LogP contribution in [0.5, 0.6) is 28.7 Å². The summed E-state index contributed by atoms with van der Waals surface area (Å²) in [6.45, 7) is 5.99. The molecule has 0 amide bonds. The molecule has 0 bridgehead atoms. The highest BCUT2D eigenvalue weighted by Crippen LogP contribution is 2.39. The number of fused-ring (bicyclic) bond motifs is 1. The van der Waals surface area contributed by atoms with Crippen molar-refractivity contribution < 1.29 is 40.5 Å². The molecule has 0 atom stereocenters. The van der Waals surface area contributed by atoms with Crippen LogP contribution in [0.2, 0.25) is 5.02 Å². The average Bonchev–Trinajstić information content (AvgIpc) is 3.01. The summed E-state index contributed by atoms with van der Waals surface area (Å²) in [5.74, 6) is 1.51. The molecular weight excluding hydrogens is 647 g/mol. The van der Waals surface area contributed by atoms with Crippen LogP contribution in [-0.4, -0.2) is 58.0 Å². The molecular formula is C32H33ClF3N3O6S. The third-order valence-corrected chi connectivity index (χ3v) is 9.25. The predicted molar refractivity (Wildman–Crippen MR) is 169 cm³/mol. The van der Waals surface area contributed by atoms with E-state index in [1.54, 1.807) is 24.4 Å². The van der Waals surface area contributed by atoms with E-state index in [-0.39, 0.29) is 16.5 Å². The van der Waals surface area contributed by atoms with E-state index in [0.29, 0.717) is 34.8 Å². The number of nitrogens with one attached hydrogen (secondary N) is 1. The topological polar surface area (TPSA) is 99.2 Å². The van der Waals surface area contributed by atoms with Gasteiger partial charge in [-0.1, -0.05) is 30.7 Å². The monoisotopic (exact) mass is 679 g/mol. The van der Waals surface area contributed by atoms with E-state index in [9.17, 15) is 21.6 Å². The standard InChI is InChI=1S/C32H33ClF3N3O6S/c1-21-11-15-39(16-12-21)14-5-17-43-30-20-25-23(19-29(30)42-2)27(10-13-37-25)44-22-8-9-24(33)26(18-22)38-46(40,41)31-7-4-3-6-28(31)45-32(34,35)36/h3-4,6-10,13,18-21,38H,5,11-12,14-17H2,1-2H3. The normalized spacial score (nSPS) is 14.7. The van der Waals surface area contributed by atoms with E-state index < -0.39 is 27.0 Å². The summed E-state index contributed by atoms with van der Waals surface area (Å²) in [6, 6.07) is 13.8. The molecule has 3 aromatic carbocycles. The van der Waals surface area contributed by atoms with Crippen LogP contribution >= 0.6 is 11.6 Å². The van der Waals surface area contributed by atoms with Gasteiger partial charge in [-0.05, 0) is 74.7 Å². The number of piperidine rings is 1. The summed E-state index contributed by atoms with van der Waals surface area (Å²) >= 11 is 6.26. The minimum atomic E-state index is -5.09. The summed E-state index contributed by atoms with van der Waals surface area (Å²) in [5, 5.41) is 0.590. The number of aromatic nitrogens is 1. The lowest BCUT2D eigenvalue weighted by molar-refractivity contribution is -0.275. The maximum absolute atomic E-state index is 13.1. The molecule has 0 radical (unpaired) electrons. The molecule has 2 heterocycles. The van der Waals surface area contributed by atoms with E-state index in [2.05, 4.69) is 26.3 Å². The number of hydrogen-bond donors (Lipinski definition) is 1.